The number of nitrogens with one attached hydrogen (secondary N) is 1. The van der Waals surface area contributed by atoms with Gasteiger partial charge in [0.2, 0.25) is 0 Å². The Morgan fingerprint density at radius 3 is 2.80 bits per heavy atom. The van der Waals surface area contributed by atoms with Crippen molar-refractivity contribution in [2.24, 2.45) is 7.05 Å². The number of halogens is 1. The second kappa shape index (κ2) is 6.09. The molecule has 0 fully saturated rings. The number of hydrogen-bond acceptors (Lipinski definition) is 3. The number of carbonyl (C=O) groups is 1. The predicted octanol–water partition coefficient (Wildman–Crippen LogP) is 3.81. The lowest BCUT2D eigenvalue weighted by Crippen LogP contribution is -2.17. The molecule has 0 bridgehead atoms. The lowest BCUT2D eigenvalue weighted by atomic mass is 10.1. The molecule has 6 heteroatoms. The largest absolute Gasteiger partial charge is 0.447 e. The fraction of sp³-hybridized carbons (Fsp3) is 0.286. The molecule has 0 atom stereocenters. The number of benzene rings is 1. The van der Waals surface area contributed by atoms with Crippen molar-refractivity contribution in [3.63, 3.8) is 0 Å². The van der Waals surface area contributed by atoms with Crippen LogP contribution in [0, 0.1) is 0 Å². The van der Waals surface area contributed by atoms with E-state index in [1.807, 2.05) is 45.2 Å². The lowest BCUT2D eigenvalue weighted by molar-refractivity contribution is 0.130. The van der Waals surface area contributed by atoms with Crippen molar-refractivity contribution >= 4 is 27.7 Å². The molecule has 20 heavy (non-hydrogen) atoms. The molecule has 0 unspecified atom stereocenters. The van der Waals surface area contributed by atoms with E-state index in [1.54, 1.807) is 10.9 Å². The van der Waals surface area contributed by atoms with Crippen LogP contribution in [0.4, 0.5) is 10.5 Å². The van der Waals surface area contributed by atoms with E-state index in [4.69, 9.17) is 4.74 Å². The number of nitrogens with zero attached hydrogens (tertiary/aromatic N) is 2. The monoisotopic (exact) mass is 337 g/mol. The summed E-state index contributed by atoms with van der Waals surface area (Å²) in [5.41, 5.74) is 2.59. The van der Waals surface area contributed by atoms with E-state index in [1.165, 1.54) is 0 Å². The summed E-state index contributed by atoms with van der Waals surface area (Å²) < 4.78 is 7.73. The average molecular weight is 338 g/mol. The molecule has 1 amide bonds. The Morgan fingerprint density at radius 1 is 1.45 bits per heavy atom. The third kappa shape index (κ3) is 3.39. The van der Waals surface area contributed by atoms with Crippen LogP contribution in [0.3, 0.4) is 0 Å². The summed E-state index contributed by atoms with van der Waals surface area (Å²) in [6.07, 6.45) is 1.13. The van der Waals surface area contributed by atoms with Crippen molar-refractivity contribution in [1.82, 2.24) is 9.78 Å². The number of anilines is 1. The summed E-state index contributed by atoms with van der Waals surface area (Å²) in [4.78, 5) is 11.6. The first-order chi connectivity index (χ1) is 9.47. The van der Waals surface area contributed by atoms with Gasteiger partial charge in [-0.15, -0.1) is 0 Å². The number of aryl methyl sites for hydroxylation is 1. The number of hydrogen-bond donors (Lipinski definition) is 1. The van der Waals surface area contributed by atoms with Crippen molar-refractivity contribution in [1.29, 1.82) is 0 Å². The summed E-state index contributed by atoms with van der Waals surface area (Å²) in [6.45, 7) is 3.62. The molecule has 1 N–H and O–H groups in total. The summed E-state index contributed by atoms with van der Waals surface area (Å²) in [5.74, 6) is 0. The molecule has 0 saturated carbocycles. The fourth-order valence-corrected chi connectivity index (χ4v) is 2.42. The number of aromatic nitrogens is 2. The molecule has 0 aliphatic carbocycles. The number of ether oxygens (including phenoxy) is 1. The maximum absolute atomic E-state index is 11.6. The summed E-state index contributed by atoms with van der Waals surface area (Å²) in [7, 11) is 1.87. The molecule has 1 aromatic heterocycles. The Morgan fingerprint density at radius 2 is 2.20 bits per heavy atom. The second-order valence-electron chi connectivity index (χ2n) is 4.62. The van der Waals surface area contributed by atoms with Crippen molar-refractivity contribution in [2.75, 3.05) is 5.32 Å². The lowest BCUT2D eigenvalue weighted by Gasteiger charge is -2.10. The van der Waals surface area contributed by atoms with Gasteiger partial charge in [-0.1, -0.05) is 12.1 Å². The quantitative estimate of drug-likeness (QED) is 0.926. The van der Waals surface area contributed by atoms with Crippen molar-refractivity contribution in [3.05, 3.63) is 34.9 Å². The van der Waals surface area contributed by atoms with Crippen LogP contribution in [-0.2, 0) is 11.8 Å². The van der Waals surface area contributed by atoms with Crippen LogP contribution in [0.1, 0.15) is 13.8 Å². The molecule has 2 aromatic rings. The van der Waals surface area contributed by atoms with E-state index in [0.717, 1.165) is 15.7 Å². The maximum Gasteiger partial charge on any atom is 0.411 e. The normalized spacial score (nSPS) is 10.7. The Hall–Kier alpha value is -1.82. The fourth-order valence-electron chi connectivity index (χ4n) is 1.84. The number of rotatable bonds is 3. The zero-order valence-corrected chi connectivity index (χ0v) is 13.1. The minimum absolute atomic E-state index is 0.149. The molecule has 2 rings (SSSR count). The van der Waals surface area contributed by atoms with E-state index in [9.17, 15) is 4.79 Å². The molecular formula is C14H16BrN3O2. The highest BCUT2D eigenvalue weighted by Crippen LogP contribution is 2.29. The minimum atomic E-state index is -0.457. The molecule has 0 spiro atoms. The van der Waals surface area contributed by atoms with Gasteiger partial charge in [0.25, 0.3) is 0 Å². The van der Waals surface area contributed by atoms with Gasteiger partial charge in [0.15, 0.2) is 0 Å². The van der Waals surface area contributed by atoms with Crippen LogP contribution in [0.15, 0.2) is 34.9 Å². The Bertz CT molecular complexity index is 603. The van der Waals surface area contributed by atoms with Gasteiger partial charge in [0.05, 0.1) is 22.5 Å². The Balaban J connectivity index is 2.23. The zero-order chi connectivity index (χ0) is 14.7. The van der Waals surface area contributed by atoms with E-state index in [2.05, 4.69) is 26.3 Å². The molecule has 0 saturated heterocycles. The first-order valence-electron chi connectivity index (χ1n) is 6.23. The number of carbonyl (C=O) groups excluding carboxylic acids is 1. The van der Waals surface area contributed by atoms with Gasteiger partial charge in [0.1, 0.15) is 0 Å². The molecular weight excluding hydrogens is 322 g/mol. The van der Waals surface area contributed by atoms with Crippen LogP contribution in [0.25, 0.3) is 11.3 Å². The minimum Gasteiger partial charge on any atom is -0.447 e. The van der Waals surface area contributed by atoms with Crippen molar-refractivity contribution < 1.29 is 9.53 Å². The first-order valence-corrected chi connectivity index (χ1v) is 7.02. The maximum atomic E-state index is 11.6. The molecule has 0 aliphatic heterocycles. The third-order valence-electron chi connectivity index (χ3n) is 2.62. The van der Waals surface area contributed by atoms with Gasteiger partial charge in [-0.25, -0.2) is 4.79 Å². The van der Waals surface area contributed by atoms with Crippen LogP contribution in [-0.4, -0.2) is 22.0 Å². The summed E-state index contributed by atoms with van der Waals surface area (Å²) in [5, 5.41) is 6.89. The number of amides is 1. The van der Waals surface area contributed by atoms with E-state index < -0.39 is 6.09 Å². The van der Waals surface area contributed by atoms with Gasteiger partial charge < -0.3 is 4.74 Å². The topological polar surface area (TPSA) is 56.1 Å². The van der Waals surface area contributed by atoms with Crippen LogP contribution in [0.2, 0.25) is 0 Å². The van der Waals surface area contributed by atoms with Crippen molar-refractivity contribution in [2.45, 2.75) is 20.0 Å². The van der Waals surface area contributed by atoms with Gasteiger partial charge in [-0.3, -0.25) is 10.00 Å². The highest BCUT2D eigenvalue weighted by Gasteiger charge is 2.11. The molecule has 0 radical (unpaired) electrons. The van der Waals surface area contributed by atoms with Gasteiger partial charge in [0, 0.05) is 18.3 Å². The summed E-state index contributed by atoms with van der Waals surface area (Å²) in [6, 6.07) is 7.53. The second-order valence-corrected chi connectivity index (χ2v) is 5.48. The third-order valence-corrected chi connectivity index (χ3v) is 3.20. The van der Waals surface area contributed by atoms with Crippen LogP contribution >= 0.6 is 15.9 Å². The molecule has 0 aliphatic rings. The highest BCUT2D eigenvalue weighted by atomic mass is 79.9. The Kier molecular flexibility index (Phi) is 4.44. The van der Waals surface area contributed by atoms with Crippen molar-refractivity contribution in [3.8, 4) is 11.3 Å². The van der Waals surface area contributed by atoms with Crippen LogP contribution < -0.4 is 5.32 Å². The zero-order valence-electron chi connectivity index (χ0n) is 11.6. The van der Waals surface area contributed by atoms with E-state index in [0.29, 0.717) is 5.69 Å². The van der Waals surface area contributed by atoms with E-state index >= 15 is 0 Å². The Labute approximate surface area is 126 Å². The van der Waals surface area contributed by atoms with Gasteiger partial charge in [-0.2, -0.15) is 5.10 Å². The van der Waals surface area contributed by atoms with Gasteiger partial charge in [-0.05, 0) is 41.9 Å². The molecule has 1 heterocycles. The summed E-state index contributed by atoms with van der Waals surface area (Å²) >= 11 is 3.47. The molecule has 1 aromatic carbocycles. The molecule has 106 valence electrons. The standard InChI is InChI=1S/C14H16BrN3O2/c1-9(2)20-14(19)17-11-6-4-5-10(7-11)13-12(15)8-16-18(13)3/h4-9H,1-3H3,(H,17,19). The predicted molar refractivity (Wildman–Crippen MR) is 81.6 cm³/mol. The SMILES string of the molecule is CC(C)OC(=O)Nc1cccc(-c2c(Br)cnn2C)c1. The average Bonchev–Trinajstić information content (AvgIpc) is 2.68. The van der Waals surface area contributed by atoms with Crippen LogP contribution in [0.5, 0.6) is 0 Å². The first kappa shape index (κ1) is 14.6. The van der Waals surface area contributed by atoms with Gasteiger partial charge >= 0.3 is 6.09 Å². The smallest absolute Gasteiger partial charge is 0.411 e. The van der Waals surface area contributed by atoms with E-state index in [-0.39, 0.29) is 6.10 Å². The molecule has 5 nitrogen and oxygen atoms in total. The highest BCUT2D eigenvalue weighted by molar-refractivity contribution is 9.10.